The SMILES string of the molecule is CC1CCCN(C(=O)NCC(=O)N2CCCCC2)C1. The molecule has 108 valence electrons. The maximum atomic E-state index is 12.0. The molecule has 0 radical (unpaired) electrons. The smallest absolute Gasteiger partial charge is 0.317 e. The maximum Gasteiger partial charge on any atom is 0.317 e. The average molecular weight is 267 g/mol. The molecule has 2 rings (SSSR count). The fourth-order valence-electron chi connectivity index (χ4n) is 2.89. The first kappa shape index (κ1) is 14.2. The molecule has 2 heterocycles. The Hall–Kier alpha value is -1.26. The highest BCUT2D eigenvalue weighted by atomic mass is 16.2. The summed E-state index contributed by atoms with van der Waals surface area (Å²) >= 11 is 0. The van der Waals surface area contributed by atoms with Crippen LogP contribution in [0.5, 0.6) is 0 Å². The summed E-state index contributed by atoms with van der Waals surface area (Å²) in [6, 6.07) is -0.0862. The van der Waals surface area contributed by atoms with Crippen LogP contribution in [0.3, 0.4) is 0 Å². The van der Waals surface area contributed by atoms with Gasteiger partial charge in [0.05, 0.1) is 6.54 Å². The topological polar surface area (TPSA) is 52.7 Å². The van der Waals surface area contributed by atoms with Crippen molar-refractivity contribution in [2.75, 3.05) is 32.7 Å². The van der Waals surface area contributed by atoms with Gasteiger partial charge in [-0.1, -0.05) is 6.92 Å². The summed E-state index contributed by atoms with van der Waals surface area (Å²) in [6.45, 7) is 5.62. The first-order valence-corrected chi connectivity index (χ1v) is 7.47. The van der Waals surface area contributed by atoms with Crippen LogP contribution in [0.2, 0.25) is 0 Å². The van der Waals surface area contributed by atoms with E-state index in [4.69, 9.17) is 0 Å². The highest BCUT2D eigenvalue weighted by Crippen LogP contribution is 2.15. The summed E-state index contributed by atoms with van der Waals surface area (Å²) in [5.74, 6) is 0.621. The van der Waals surface area contributed by atoms with Crippen LogP contribution in [0.4, 0.5) is 4.79 Å². The van der Waals surface area contributed by atoms with Gasteiger partial charge in [-0.15, -0.1) is 0 Å². The van der Waals surface area contributed by atoms with Gasteiger partial charge < -0.3 is 15.1 Å². The van der Waals surface area contributed by atoms with Gasteiger partial charge in [-0.05, 0) is 38.0 Å². The van der Waals surface area contributed by atoms with E-state index in [9.17, 15) is 9.59 Å². The standard InChI is InChI=1S/C14H25N3O2/c1-12-6-5-9-17(11-12)14(19)15-10-13(18)16-7-3-2-4-8-16/h12H,2-11H2,1H3,(H,15,19). The van der Waals surface area contributed by atoms with Crippen molar-refractivity contribution in [1.82, 2.24) is 15.1 Å². The molecule has 0 saturated carbocycles. The third-order valence-corrected chi connectivity index (χ3v) is 4.04. The van der Waals surface area contributed by atoms with Gasteiger partial charge in [-0.25, -0.2) is 4.79 Å². The molecule has 3 amide bonds. The third-order valence-electron chi connectivity index (χ3n) is 4.04. The number of nitrogens with one attached hydrogen (secondary N) is 1. The second kappa shape index (κ2) is 6.78. The van der Waals surface area contributed by atoms with Crippen LogP contribution in [0.1, 0.15) is 39.0 Å². The Morgan fingerprint density at radius 3 is 2.42 bits per heavy atom. The quantitative estimate of drug-likeness (QED) is 0.823. The van der Waals surface area contributed by atoms with Crippen molar-refractivity contribution in [3.8, 4) is 0 Å². The number of carbonyl (C=O) groups excluding carboxylic acids is 2. The predicted octanol–water partition coefficient (Wildman–Crippen LogP) is 1.44. The molecule has 1 unspecified atom stereocenters. The summed E-state index contributed by atoms with van der Waals surface area (Å²) < 4.78 is 0. The Morgan fingerprint density at radius 2 is 1.74 bits per heavy atom. The lowest BCUT2D eigenvalue weighted by atomic mass is 10.0. The van der Waals surface area contributed by atoms with Gasteiger partial charge in [0, 0.05) is 26.2 Å². The van der Waals surface area contributed by atoms with Gasteiger partial charge in [0.15, 0.2) is 0 Å². The van der Waals surface area contributed by atoms with Crippen LogP contribution in [0.25, 0.3) is 0 Å². The first-order valence-electron chi connectivity index (χ1n) is 7.47. The lowest BCUT2D eigenvalue weighted by Crippen LogP contribution is -2.49. The summed E-state index contributed by atoms with van der Waals surface area (Å²) in [6.07, 6.45) is 5.64. The highest BCUT2D eigenvalue weighted by Gasteiger charge is 2.22. The zero-order chi connectivity index (χ0) is 13.7. The van der Waals surface area contributed by atoms with Crippen molar-refractivity contribution >= 4 is 11.9 Å². The third kappa shape index (κ3) is 4.11. The number of carbonyl (C=O) groups is 2. The number of hydrogen-bond donors (Lipinski definition) is 1. The molecule has 19 heavy (non-hydrogen) atoms. The van der Waals surface area contributed by atoms with Crippen LogP contribution in [-0.4, -0.2) is 54.5 Å². The maximum absolute atomic E-state index is 12.0. The zero-order valence-corrected chi connectivity index (χ0v) is 11.9. The van der Waals surface area contributed by atoms with E-state index in [-0.39, 0.29) is 18.5 Å². The largest absolute Gasteiger partial charge is 0.341 e. The van der Waals surface area contributed by atoms with Crippen LogP contribution < -0.4 is 5.32 Å². The summed E-state index contributed by atoms with van der Waals surface area (Å²) in [5.41, 5.74) is 0. The molecule has 2 saturated heterocycles. The van der Waals surface area contributed by atoms with E-state index in [1.54, 1.807) is 0 Å². The van der Waals surface area contributed by atoms with E-state index >= 15 is 0 Å². The molecule has 1 N–H and O–H groups in total. The molecule has 0 aromatic rings. The first-order chi connectivity index (χ1) is 9.16. The summed E-state index contributed by atoms with van der Waals surface area (Å²) in [4.78, 5) is 27.6. The Bertz CT molecular complexity index is 327. The molecule has 2 aliphatic rings. The molecule has 0 bridgehead atoms. The Morgan fingerprint density at radius 1 is 1.05 bits per heavy atom. The van der Waals surface area contributed by atoms with Crippen molar-refractivity contribution < 1.29 is 9.59 Å². The molecule has 0 aromatic heterocycles. The molecule has 2 aliphatic heterocycles. The number of amides is 3. The number of urea groups is 1. The van der Waals surface area contributed by atoms with Gasteiger partial charge in [0.25, 0.3) is 0 Å². The van der Waals surface area contributed by atoms with Gasteiger partial charge >= 0.3 is 6.03 Å². The Kier molecular flexibility index (Phi) is 5.05. The number of piperidine rings is 2. The van der Waals surface area contributed by atoms with E-state index < -0.39 is 0 Å². The number of hydrogen-bond acceptors (Lipinski definition) is 2. The summed E-state index contributed by atoms with van der Waals surface area (Å²) in [5, 5.41) is 2.77. The van der Waals surface area contributed by atoms with Crippen LogP contribution >= 0.6 is 0 Å². The van der Waals surface area contributed by atoms with Crippen molar-refractivity contribution in [3.05, 3.63) is 0 Å². The fraction of sp³-hybridized carbons (Fsp3) is 0.857. The molecule has 0 spiro atoms. The number of rotatable bonds is 2. The summed E-state index contributed by atoms with van der Waals surface area (Å²) in [7, 11) is 0. The van der Waals surface area contributed by atoms with Crippen molar-refractivity contribution in [2.24, 2.45) is 5.92 Å². The van der Waals surface area contributed by atoms with Gasteiger partial charge in [0.2, 0.25) is 5.91 Å². The monoisotopic (exact) mass is 267 g/mol. The fourth-order valence-corrected chi connectivity index (χ4v) is 2.89. The van der Waals surface area contributed by atoms with Crippen LogP contribution in [0.15, 0.2) is 0 Å². The molecular weight excluding hydrogens is 242 g/mol. The van der Waals surface area contributed by atoms with Gasteiger partial charge in [-0.2, -0.15) is 0 Å². The van der Waals surface area contributed by atoms with E-state index in [2.05, 4.69) is 12.2 Å². The van der Waals surface area contributed by atoms with Crippen molar-refractivity contribution in [3.63, 3.8) is 0 Å². The molecule has 0 aromatic carbocycles. The van der Waals surface area contributed by atoms with Gasteiger partial charge in [-0.3, -0.25) is 4.79 Å². The lowest BCUT2D eigenvalue weighted by molar-refractivity contribution is -0.130. The lowest BCUT2D eigenvalue weighted by Gasteiger charge is -2.31. The molecule has 2 fully saturated rings. The molecule has 1 atom stereocenters. The van der Waals surface area contributed by atoms with Crippen LogP contribution in [-0.2, 0) is 4.79 Å². The van der Waals surface area contributed by atoms with E-state index in [0.717, 1.165) is 45.4 Å². The Balaban J connectivity index is 1.71. The highest BCUT2D eigenvalue weighted by molar-refractivity contribution is 5.84. The Labute approximate surface area is 115 Å². The normalized spacial score (nSPS) is 24.2. The van der Waals surface area contributed by atoms with Crippen molar-refractivity contribution in [2.45, 2.75) is 39.0 Å². The molecule has 0 aliphatic carbocycles. The van der Waals surface area contributed by atoms with Crippen molar-refractivity contribution in [1.29, 1.82) is 0 Å². The molecular formula is C14H25N3O2. The number of likely N-dealkylation sites (tertiary alicyclic amines) is 2. The minimum Gasteiger partial charge on any atom is -0.341 e. The predicted molar refractivity (Wildman–Crippen MR) is 73.8 cm³/mol. The molecule has 5 heteroatoms. The zero-order valence-electron chi connectivity index (χ0n) is 11.9. The van der Waals surface area contributed by atoms with Gasteiger partial charge in [0.1, 0.15) is 0 Å². The van der Waals surface area contributed by atoms with E-state index in [0.29, 0.717) is 5.92 Å². The van der Waals surface area contributed by atoms with E-state index in [1.165, 1.54) is 12.8 Å². The second-order valence-corrected chi connectivity index (χ2v) is 5.79. The minimum atomic E-state index is -0.0862. The van der Waals surface area contributed by atoms with Crippen LogP contribution in [0, 0.1) is 5.92 Å². The number of nitrogens with zero attached hydrogens (tertiary/aromatic N) is 2. The minimum absolute atomic E-state index is 0.0538. The second-order valence-electron chi connectivity index (χ2n) is 5.79. The molecule has 5 nitrogen and oxygen atoms in total. The average Bonchev–Trinajstić information content (AvgIpc) is 2.45. The van der Waals surface area contributed by atoms with E-state index in [1.807, 2.05) is 9.80 Å².